The molecule has 0 bridgehead atoms. The monoisotopic (exact) mass is 347 g/mol. The van der Waals surface area contributed by atoms with E-state index < -0.39 is 11.9 Å². The molecule has 2 heterocycles. The number of carbonyl (C=O) groups is 2. The van der Waals surface area contributed by atoms with Gasteiger partial charge in [-0.3, -0.25) is 14.4 Å². The molecule has 0 saturated heterocycles. The van der Waals surface area contributed by atoms with Gasteiger partial charge in [-0.15, -0.1) is 11.3 Å². The summed E-state index contributed by atoms with van der Waals surface area (Å²) in [6.07, 6.45) is 2.69. The van der Waals surface area contributed by atoms with Gasteiger partial charge in [-0.05, 0) is 31.7 Å². The Morgan fingerprint density at radius 1 is 1.46 bits per heavy atom. The summed E-state index contributed by atoms with van der Waals surface area (Å²) in [5, 5.41) is 8.99. The van der Waals surface area contributed by atoms with E-state index >= 15 is 0 Å². The Labute approximate surface area is 141 Å². The lowest BCUT2D eigenvalue weighted by atomic mass is 10.2. The van der Waals surface area contributed by atoms with Gasteiger partial charge in [0, 0.05) is 11.4 Å². The average Bonchev–Trinajstić information content (AvgIpc) is 3.13. The number of nitrogens with one attached hydrogen (secondary N) is 1. The molecule has 0 aromatic carbocycles. The number of nitrogens with two attached hydrogens (primary N) is 1. The molecular formula is C15H17N5O3S. The van der Waals surface area contributed by atoms with Crippen molar-refractivity contribution in [2.24, 2.45) is 5.73 Å². The van der Waals surface area contributed by atoms with Crippen LogP contribution in [0.4, 0.5) is 5.13 Å². The van der Waals surface area contributed by atoms with Crippen LogP contribution in [0.5, 0.6) is 0 Å². The lowest BCUT2D eigenvalue weighted by Crippen LogP contribution is -2.34. The third-order valence-corrected chi connectivity index (χ3v) is 4.67. The topological polar surface area (TPSA) is 120 Å². The summed E-state index contributed by atoms with van der Waals surface area (Å²) in [5.41, 5.74) is 7.18. The van der Waals surface area contributed by atoms with Crippen molar-refractivity contribution in [3.63, 3.8) is 0 Å². The number of aryl methyl sites for hydroxylation is 2. The van der Waals surface area contributed by atoms with Crippen LogP contribution in [-0.2, 0) is 28.9 Å². The Bertz CT molecular complexity index is 857. The number of rotatable bonds is 5. The molecule has 2 aromatic heterocycles. The first-order chi connectivity index (χ1) is 11.4. The normalized spacial score (nSPS) is 14.2. The van der Waals surface area contributed by atoms with Crippen LogP contribution >= 0.6 is 11.3 Å². The van der Waals surface area contributed by atoms with E-state index in [9.17, 15) is 14.4 Å². The highest BCUT2D eigenvalue weighted by atomic mass is 32.1. The molecule has 126 valence electrons. The van der Waals surface area contributed by atoms with Crippen LogP contribution in [0, 0.1) is 0 Å². The van der Waals surface area contributed by atoms with E-state index in [1.165, 1.54) is 16.0 Å². The molecule has 3 rings (SSSR count). The molecular weight excluding hydrogens is 330 g/mol. The fraction of sp³-hybridized carbons (Fsp3) is 0.400. The van der Waals surface area contributed by atoms with Crippen molar-refractivity contribution in [3.05, 3.63) is 38.8 Å². The summed E-state index contributed by atoms with van der Waals surface area (Å²) in [6, 6.07) is 0.805. The van der Waals surface area contributed by atoms with E-state index in [0.29, 0.717) is 10.8 Å². The largest absolute Gasteiger partial charge is 0.369 e. The highest BCUT2D eigenvalue weighted by molar-refractivity contribution is 7.13. The lowest BCUT2D eigenvalue weighted by Gasteiger charge is -2.14. The number of fused-ring (bicyclic) bond motifs is 1. The molecule has 0 spiro atoms. The average molecular weight is 347 g/mol. The molecule has 8 nitrogen and oxygen atoms in total. The predicted octanol–water partition coefficient (Wildman–Crippen LogP) is 0.416. The number of carbonyl (C=O) groups excluding carboxylic acids is 2. The summed E-state index contributed by atoms with van der Waals surface area (Å²) in [7, 11) is 0. The van der Waals surface area contributed by atoms with E-state index in [1.807, 2.05) is 0 Å². The molecule has 1 atom stereocenters. The zero-order valence-corrected chi connectivity index (χ0v) is 13.9. The molecule has 0 fully saturated rings. The SMILES string of the molecule is C[C@@H](C(=O)Nc1nc(CC(N)=O)cs1)n1nc2c(cc1=O)CCC2. The fourth-order valence-corrected chi connectivity index (χ4v) is 3.35. The van der Waals surface area contributed by atoms with Crippen molar-refractivity contribution in [2.75, 3.05) is 5.32 Å². The summed E-state index contributed by atoms with van der Waals surface area (Å²) in [5.74, 6) is -0.872. The minimum atomic E-state index is -0.758. The first-order valence-corrected chi connectivity index (χ1v) is 8.47. The third-order valence-electron chi connectivity index (χ3n) is 3.87. The quantitative estimate of drug-likeness (QED) is 0.812. The van der Waals surface area contributed by atoms with Gasteiger partial charge in [-0.2, -0.15) is 5.10 Å². The van der Waals surface area contributed by atoms with E-state index in [2.05, 4.69) is 15.4 Å². The van der Waals surface area contributed by atoms with Crippen LogP contribution in [0.25, 0.3) is 0 Å². The number of aromatic nitrogens is 3. The van der Waals surface area contributed by atoms with E-state index in [-0.39, 0.29) is 17.9 Å². The van der Waals surface area contributed by atoms with Gasteiger partial charge in [0.15, 0.2) is 5.13 Å². The van der Waals surface area contributed by atoms with Crippen molar-refractivity contribution in [3.8, 4) is 0 Å². The van der Waals surface area contributed by atoms with Crippen LogP contribution in [0.2, 0.25) is 0 Å². The molecule has 1 aliphatic carbocycles. The van der Waals surface area contributed by atoms with Gasteiger partial charge in [-0.1, -0.05) is 0 Å². The Morgan fingerprint density at radius 2 is 2.25 bits per heavy atom. The molecule has 0 aliphatic heterocycles. The van der Waals surface area contributed by atoms with Crippen molar-refractivity contribution >= 4 is 28.3 Å². The summed E-state index contributed by atoms with van der Waals surface area (Å²) >= 11 is 1.20. The van der Waals surface area contributed by atoms with Gasteiger partial charge in [0.1, 0.15) is 6.04 Å². The lowest BCUT2D eigenvalue weighted by molar-refractivity contribution is -0.119. The first-order valence-electron chi connectivity index (χ1n) is 7.59. The number of amides is 2. The summed E-state index contributed by atoms with van der Waals surface area (Å²) < 4.78 is 1.21. The second-order valence-corrected chi connectivity index (χ2v) is 6.56. The van der Waals surface area contributed by atoms with Crippen LogP contribution in [-0.4, -0.2) is 26.6 Å². The number of primary amides is 1. The number of anilines is 1. The molecule has 0 radical (unpaired) electrons. The van der Waals surface area contributed by atoms with Crippen LogP contribution in [0.15, 0.2) is 16.2 Å². The maximum atomic E-state index is 12.4. The van der Waals surface area contributed by atoms with Gasteiger partial charge in [0.25, 0.3) is 11.5 Å². The van der Waals surface area contributed by atoms with Gasteiger partial charge in [0.2, 0.25) is 5.91 Å². The fourth-order valence-electron chi connectivity index (χ4n) is 2.64. The molecule has 0 unspecified atom stereocenters. The van der Waals surface area contributed by atoms with Crippen molar-refractivity contribution < 1.29 is 9.59 Å². The highest BCUT2D eigenvalue weighted by Gasteiger charge is 2.22. The smallest absolute Gasteiger partial charge is 0.267 e. The molecule has 3 N–H and O–H groups in total. The highest BCUT2D eigenvalue weighted by Crippen LogP contribution is 2.19. The van der Waals surface area contributed by atoms with Crippen molar-refractivity contribution in [1.82, 2.24) is 14.8 Å². The van der Waals surface area contributed by atoms with Gasteiger partial charge in [0.05, 0.1) is 17.8 Å². The Hall–Kier alpha value is -2.55. The maximum Gasteiger partial charge on any atom is 0.267 e. The standard InChI is InChI=1S/C15H17N5O3S/c1-8(20-13(22)5-9-3-2-4-11(9)19-20)14(23)18-15-17-10(7-24-15)6-12(16)21/h5,7-8H,2-4,6H2,1H3,(H2,16,21)(H,17,18,23)/t8-/m0/s1. The van der Waals surface area contributed by atoms with Gasteiger partial charge >= 0.3 is 0 Å². The Morgan fingerprint density at radius 3 is 3.00 bits per heavy atom. The van der Waals surface area contributed by atoms with E-state index in [4.69, 9.17) is 5.73 Å². The molecule has 24 heavy (non-hydrogen) atoms. The molecule has 0 saturated carbocycles. The first kappa shape index (κ1) is 16.3. The van der Waals surface area contributed by atoms with Crippen LogP contribution < -0.4 is 16.6 Å². The second-order valence-electron chi connectivity index (χ2n) is 5.70. The van der Waals surface area contributed by atoms with Gasteiger partial charge < -0.3 is 11.1 Å². The van der Waals surface area contributed by atoms with E-state index in [0.717, 1.165) is 30.5 Å². The molecule has 2 amide bonds. The minimum absolute atomic E-state index is 0.0216. The zero-order valence-electron chi connectivity index (χ0n) is 13.1. The van der Waals surface area contributed by atoms with Crippen molar-refractivity contribution in [1.29, 1.82) is 0 Å². The van der Waals surface area contributed by atoms with E-state index in [1.54, 1.807) is 18.4 Å². The summed E-state index contributed by atoms with van der Waals surface area (Å²) in [4.78, 5) is 39.5. The van der Waals surface area contributed by atoms with Crippen LogP contribution in [0.1, 0.15) is 36.3 Å². The second kappa shape index (κ2) is 6.52. The zero-order chi connectivity index (χ0) is 17.3. The number of hydrogen-bond acceptors (Lipinski definition) is 6. The van der Waals surface area contributed by atoms with Crippen LogP contribution in [0.3, 0.4) is 0 Å². The molecule has 2 aromatic rings. The predicted molar refractivity (Wildman–Crippen MR) is 88.9 cm³/mol. The van der Waals surface area contributed by atoms with Crippen molar-refractivity contribution in [2.45, 2.75) is 38.6 Å². The number of nitrogens with zero attached hydrogens (tertiary/aromatic N) is 3. The summed E-state index contributed by atoms with van der Waals surface area (Å²) in [6.45, 7) is 1.61. The number of thiazole rings is 1. The Balaban J connectivity index is 1.74. The molecule has 9 heteroatoms. The molecule has 1 aliphatic rings. The Kier molecular flexibility index (Phi) is 4.43. The van der Waals surface area contributed by atoms with Gasteiger partial charge in [-0.25, -0.2) is 9.67 Å². The maximum absolute atomic E-state index is 12.4. The number of hydrogen-bond donors (Lipinski definition) is 2. The third kappa shape index (κ3) is 3.35. The minimum Gasteiger partial charge on any atom is -0.369 e.